The highest BCUT2D eigenvalue weighted by atomic mass is 19.1. The van der Waals surface area contributed by atoms with Gasteiger partial charge in [0.05, 0.1) is 11.7 Å². The minimum atomic E-state index is -0.514. The Hall–Kier alpha value is -1.62. The van der Waals surface area contributed by atoms with E-state index in [-0.39, 0.29) is 17.6 Å². The van der Waals surface area contributed by atoms with Crippen molar-refractivity contribution in [2.45, 2.75) is 25.9 Å². The normalized spacial score (nSPS) is 21.9. The fourth-order valence-electron chi connectivity index (χ4n) is 2.48. The number of benzene rings is 1. The summed E-state index contributed by atoms with van der Waals surface area (Å²) >= 11 is 0. The van der Waals surface area contributed by atoms with Crippen LogP contribution in [0.4, 0.5) is 10.1 Å². The Morgan fingerprint density at radius 3 is 2.74 bits per heavy atom. The van der Waals surface area contributed by atoms with Gasteiger partial charge in [-0.3, -0.25) is 4.79 Å². The Bertz CT molecular complexity index is 498. The van der Waals surface area contributed by atoms with E-state index in [1.54, 1.807) is 14.0 Å². The highest BCUT2D eigenvalue weighted by Crippen LogP contribution is 2.28. The van der Waals surface area contributed by atoms with Crippen LogP contribution in [0.25, 0.3) is 0 Å². The Morgan fingerprint density at radius 2 is 2.16 bits per heavy atom. The third-order valence-corrected chi connectivity index (χ3v) is 3.60. The standard InChI is InChI=1S/C14H19FN2O2/c1-8-3-10(16)6-12(13(8)15)14(19)17(2)7-9-4-11(18)5-9/h3,6,9,11,18H,4-5,7,16H2,1-2H3. The lowest BCUT2D eigenvalue weighted by atomic mass is 9.82. The van der Waals surface area contributed by atoms with Crippen molar-refractivity contribution in [2.75, 3.05) is 19.3 Å². The van der Waals surface area contributed by atoms with Crippen LogP contribution in [0.15, 0.2) is 12.1 Å². The van der Waals surface area contributed by atoms with Gasteiger partial charge in [-0.2, -0.15) is 0 Å². The molecule has 0 aliphatic heterocycles. The quantitative estimate of drug-likeness (QED) is 0.816. The van der Waals surface area contributed by atoms with Crippen molar-refractivity contribution in [1.82, 2.24) is 4.90 Å². The number of nitrogens with two attached hydrogens (primary N) is 1. The second-order valence-electron chi connectivity index (χ2n) is 5.38. The predicted molar refractivity (Wildman–Crippen MR) is 71.2 cm³/mol. The van der Waals surface area contributed by atoms with Crippen LogP contribution in [0.5, 0.6) is 0 Å². The predicted octanol–water partition coefficient (Wildman–Crippen LogP) is 1.56. The van der Waals surface area contributed by atoms with Gasteiger partial charge in [0.1, 0.15) is 5.82 Å². The van der Waals surface area contributed by atoms with Gasteiger partial charge in [-0.05, 0) is 43.4 Å². The van der Waals surface area contributed by atoms with E-state index >= 15 is 0 Å². The molecule has 0 spiro atoms. The number of aryl methyl sites for hydroxylation is 1. The van der Waals surface area contributed by atoms with E-state index < -0.39 is 5.82 Å². The molecule has 1 fully saturated rings. The molecule has 1 aliphatic rings. The Kier molecular flexibility index (Phi) is 3.75. The third-order valence-electron chi connectivity index (χ3n) is 3.60. The van der Waals surface area contributed by atoms with Crippen molar-refractivity contribution in [3.8, 4) is 0 Å². The summed E-state index contributed by atoms with van der Waals surface area (Å²) in [7, 11) is 1.64. The number of aliphatic hydroxyl groups is 1. The first kappa shape index (κ1) is 13.8. The van der Waals surface area contributed by atoms with E-state index in [9.17, 15) is 14.3 Å². The third kappa shape index (κ3) is 2.87. The highest BCUT2D eigenvalue weighted by Gasteiger charge is 2.30. The molecule has 0 atom stereocenters. The first-order chi connectivity index (χ1) is 8.88. The number of hydrogen-bond donors (Lipinski definition) is 2. The van der Waals surface area contributed by atoms with Crippen LogP contribution in [-0.2, 0) is 0 Å². The number of nitrogen functional groups attached to an aromatic ring is 1. The van der Waals surface area contributed by atoms with Gasteiger partial charge in [-0.15, -0.1) is 0 Å². The summed E-state index contributed by atoms with van der Waals surface area (Å²) in [5.41, 5.74) is 6.42. The zero-order chi connectivity index (χ0) is 14.2. The number of anilines is 1. The SMILES string of the molecule is Cc1cc(N)cc(C(=O)N(C)CC2CC(O)C2)c1F. The van der Waals surface area contributed by atoms with Gasteiger partial charge < -0.3 is 15.7 Å². The van der Waals surface area contributed by atoms with Gasteiger partial charge >= 0.3 is 0 Å². The molecule has 3 N–H and O–H groups in total. The lowest BCUT2D eigenvalue weighted by Crippen LogP contribution is -2.39. The fourth-order valence-corrected chi connectivity index (χ4v) is 2.48. The molecular formula is C14H19FN2O2. The smallest absolute Gasteiger partial charge is 0.256 e. The Balaban J connectivity index is 2.10. The second-order valence-corrected chi connectivity index (χ2v) is 5.38. The number of carbonyl (C=O) groups is 1. The maximum Gasteiger partial charge on any atom is 0.256 e. The van der Waals surface area contributed by atoms with E-state index in [4.69, 9.17) is 5.73 Å². The van der Waals surface area contributed by atoms with Crippen LogP contribution in [0.2, 0.25) is 0 Å². The lowest BCUT2D eigenvalue weighted by molar-refractivity contribution is 0.0264. The van der Waals surface area contributed by atoms with E-state index in [0.29, 0.717) is 36.6 Å². The van der Waals surface area contributed by atoms with E-state index in [1.807, 2.05) is 0 Å². The Labute approximate surface area is 112 Å². The van der Waals surface area contributed by atoms with Gasteiger partial charge in [0.25, 0.3) is 5.91 Å². The molecule has 0 aromatic heterocycles. The van der Waals surface area contributed by atoms with Gasteiger partial charge in [-0.25, -0.2) is 4.39 Å². The van der Waals surface area contributed by atoms with Crippen LogP contribution >= 0.6 is 0 Å². The molecule has 1 aromatic carbocycles. The van der Waals surface area contributed by atoms with Crippen molar-refractivity contribution < 1.29 is 14.3 Å². The van der Waals surface area contributed by atoms with Crippen molar-refractivity contribution in [1.29, 1.82) is 0 Å². The van der Waals surface area contributed by atoms with E-state index in [2.05, 4.69) is 0 Å². The molecule has 19 heavy (non-hydrogen) atoms. The summed E-state index contributed by atoms with van der Waals surface area (Å²) in [6, 6.07) is 2.88. The number of halogens is 1. The Morgan fingerprint density at radius 1 is 1.53 bits per heavy atom. The molecule has 1 aliphatic carbocycles. The minimum Gasteiger partial charge on any atom is -0.399 e. The summed E-state index contributed by atoms with van der Waals surface area (Å²) in [6.45, 7) is 2.12. The molecule has 0 radical (unpaired) electrons. The zero-order valence-electron chi connectivity index (χ0n) is 11.2. The average molecular weight is 266 g/mol. The highest BCUT2D eigenvalue weighted by molar-refractivity contribution is 5.95. The molecule has 4 nitrogen and oxygen atoms in total. The largest absolute Gasteiger partial charge is 0.399 e. The van der Waals surface area contributed by atoms with Gasteiger partial charge in [-0.1, -0.05) is 0 Å². The summed E-state index contributed by atoms with van der Waals surface area (Å²) in [5, 5.41) is 9.22. The topological polar surface area (TPSA) is 66.6 Å². The molecule has 0 bridgehead atoms. The lowest BCUT2D eigenvalue weighted by Gasteiger charge is -2.34. The van der Waals surface area contributed by atoms with Crippen molar-refractivity contribution in [3.05, 3.63) is 29.1 Å². The molecule has 104 valence electrons. The number of carbonyl (C=O) groups excluding carboxylic acids is 1. The van der Waals surface area contributed by atoms with Gasteiger partial charge in [0, 0.05) is 19.3 Å². The van der Waals surface area contributed by atoms with Gasteiger partial charge in [0.15, 0.2) is 0 Å². The van der Waals surface area contributed by atoms with Crippen LogP contribution in [0.3, 0.4) is 0 Å². The second kappa shape index (κ2) is 5.17. The fraction of sp³-hybridized carbons (Fsp3) is 0.500. The number of nitrogens with zero attached hydrogens (tertiary/aromatic N) is 1. The van der Waals surface area contributed by atoms with Crippen molar-refractivity contribution in [3.63, 3.8) is 0 Å². The number of rotatable bonds is 3. The minimum absolute atomic E-state index is 0.0138. The first-order valence-corrected chi connectivity index (χ1v) is 6.37. The van der Waals surface area contributed by atoms with E-state index in [0.717, 1.165) is 0 Å². The summed E-state index contributed by atoms with van der Waals surface area (Å²) < 4.78 is 13.9. The average Bonchev–Trinajstić information content (AvgIpc) is 2.30. The summed E-state index contributed by atoms with van der Waals surface area (Å²) in [5.74, 6) is -0.580. The molecular weight excluding hydrogens is 247 g/mol. The number of amides is 1. The molecule has 1 amide bonds. The number of aliphatic hydroxyl groups excluding tert-OH is 1. The van der Waals surface area contributed by atoms with Crippen LogP contribution < -0.4 is 5.73 Å². The molecule has 5 heteroatoms. The first-order valence-electron chi connectivity index (χ1n) is 6.37. The van der Waals surface area contributed by atoms with Crippen LogP contribution in [0, 0.1) is 18.7 Å². The molecule has 1 aromatic rings. The van der Waals surface area contributed by atoms with Crippen LogP contribution in [-0.4, -0.2) is 35.6 Å². The van der Waals surface area contributed by atoms with Crippen molar-refractivity contribution >= 4 is 11.6 Å². The maximum atomic E-state index is 13.9. The van der Waals surface area contributed by atoms with Crippen molar-refractivity contribution in [2.24, 2.45) is 5.92 Å². The van der Waals surface area contributed by atoms with Crippen LogP contribution in [0.1, 0.15) is 28.8 Å². The monoisotopic (exact) mass is 266 g/mol. The molecule has 0 saturated heterocycles. The maximum absolute atomic E-state index is 13.9. The molecule has 0 unspecified atom stereocenters. The molecule has 0 heterocycles. The summed E-state index contributed by atoms with van der Waals surface area (Å²) in [6.07, 6.45) is 1.16. The molecule has 2 rings (SSSR count). The summed E-state index contributed by atoms with van der Waals surface area (Å²) in [4.78, 5) is 13.7. The zero-order valence-corrected chi connectivity index (χ0v) is 11.2. The van der Waals surface area contributed by atoms with E-state index in [1.165, 1.54) is 17.0 Å². The molecule has 1 saturated carbocycles. The number of hydrogen-bond acceptors (Lipinski definition) is 3. The van der Waals surface area contributed by atoms with Gasteiger partial charge in [0.2, 0.25) is 0 Å².